The summed E-state index contributed by atoms with van der Waals surface area (Å²) in [6, 6.07) is 22.0. The van der Waals surface area contributed by atoms with Gasteiger partial charge >= 0.3 is 0 Å². The van der Waals surface area contributed by atoms with E-state index in [-0.39, 0.29) is 22.1 Å². The molecule has 0 aliphatic carbocycles. The van der Waals surface area contributed by atoms with Gasteiger partial charge in [-0.05, 0) is 81.3 Å². The first kappa shape index (κ1) is 25.6. The van der Waals surface area contributed by atoms with Crippen molar-refractivity contribution >= 4 is 64.0 Å². The molecule has 0 bridgehead atoms. The number of sulfonamides is 2. The normalized spacial score (nSPS) is 11.7. The van der Waals surface area contributed by atoms with Gasteiger partial charge < -0.3 is 10.1 Å². The molecular weight excluding hydrogens is 570 g/mol. The lowest BCUT2D eigenvalue weighted by Gasteiger charge is -2.12. The minimum absolute atomic E-state index is 0.0487. The molecule has 0 unspecified atom stereocenters. The smallest absolute Gasteiger partial charge is 0.262 e. The standard InChI is InChI=1S/C24H20BrN3O6S2/c25-24-21-4-2-1-3-16(21)5-14-22(24)34-15-23(29)27-17-6-12-20(13-7-17)36(32,33)28-18-8-10-19(11-9-18)35(26,30)31/h1-14,28H,15H2,(H,27,29)(H2,26,30,31). The van der Waals surface area contributed by atoms with Crippen molar-refractivity contribution in [2.75, 3.05) is 16.6 Å². The minimum atomic E-state index is -3.95. The summed E-state index contributed by atoms with van der Waals surface area (Å²) in [5.41, 5.74) is 0.550. The molecule has 0 aromatic heterocycles. The zero-order valence-electron chi connectivity index (χ0n) is 18.5. The highest BCUT2D eigenvalue weighted by molar-refractivity contribution is 9.10. The first-order valence-corrected chi connectivity index (χ1v) is 14.2. The van der Waals surface area contributed by atoms with Crippen LogP contribution in [-0.4, -0.2) is 29.3 Å². The van der Waals surface area contributed by atoms with E-state index >= 15 is 0 Å². The Morgan fingerprint density at radius 3 is 2.08 bits per heavy atom. The van der Waals surface area contributed by atoms with E-state index in [1.807, 2.05) is 30.3 Å². The van der Waals surface area contributed by atoms with Gasteiger partial charge in [-0.15, -0.1) is 0 Å². The highest BCUT2D eigenvalue weighted by atomic mass is 79.9. The molecule has 0 spiro atoms. The number of rotatable bonds is 8. The van der Waals surface area contributed by atoms with E-state index < -0.39 is 26.0 Å². The number of hydrogen-bond acceptors (Lipinski definition) is 6. The zero-order valence-corrected chi connectivity index (χ0v) is 21.7. The minimum Gasteiger partial charge on any atom is -0.483 e. The average Bonchev–Trinajstić information content (AvgIpc) is 2.84. The van der Waals surface area contributed by atoms with Gasteiger partial charge in [-0.2, -0.15) is 0 Å². The number of fused-ring (bicyclic) bond motifs is 1. The van der Waals surface area contributed by atoms with Crippen LogP contribution in [0.5, 0.6) is 5.75 Å². The van der Waals surface area contributed by atoms with Crippen LogP contribution >= 0.6 is 15.9 Å². The van der Waals surface area contributed by atoms with Gasteiger partial charge in [0.15, 0.2) is 6.61 Å². The zero-order chi connectivity index (χ0) is 25.9. The Morgan fingerprint density at radius 2 is 1.42 bits per heavy atom. The summed E-state index contributed by atoms with van der Waals surface area (Å²) >= 11 is 3.51. The van der Waals surface area contributed by atoms with Crippen molar-refractivity contribution in [2.45, 2.75) is 9.79 Å². The lowest BCUT2D eigenvalue weighted by molar-refractivity contribution is -0.118. The van der Waals surface area contributed by atoms with Crippen LogP contribution in [0.1, 0.15) is 0 Å². The number of amides is 1. The van der Waals surface area contributed by atoms with Gasteiger partial charge in [0.1, 0.15) is 5.75 Å². The second-order valence-corrected chi connectivity index (χ2v) is 11.7. The second kappa shape index (κ2) is 10.3. The van der Waals surface area contributed by atoms with E-state index in [1.165, 1.54) is 48.5 Å². The number of anilines is 2. The third-order valence-electron chi connectivity index (χ3n) is 5.07. The van der Waals surface area contributed by atoms with Crippen molar-refractivity contribution in [1.82, 2.24) is 0 Å². The topological polar surface area (TPSA) is 145 Å². The van der Waals surface area contributed by atoms with E-state index in [9.17, 15) is 21.6 Å². The largest absolute Gasteiger partial charge is 0.483 e. The molecular formula is C24H20BrN3O6S2. The quantitative estimate of drug-likeness (QED) is 0.282. The molecule has 36 heavy (non-hydrogen) atoms. The van der Waals surface area contributed by atoms with Crippen LogP contribution in [0.3, 0.4) is 0 Å². The number of carbonyl (C=O) groups excluding carboxylic acids is 1. The number of nitrogens with one attached hydrogen (secondary N) is 2. The fourth-order valence-electron chi connectivity index (χ4n) is 3.31. The van der Waals surface area contributed by atoms with Crippen LogP contribution in [-0.2, 0) is 24.8 Å². The van der Waals surface area contributed by atoms with Crippen LogP contribution in [0.2, 0.25) is 0 Å². The highest BCUT2D eigenvalue weighted by Gasteiger charge is 2.16. The molecule has 12 heteroatoms. The molecule has 4 N–H and O–H groups in total. The summed E-state index contributed by atoms with van der Waals surface area (Å²) in [7, 11) is -7.83. The van der Waals surface area contributed by atoms with Crippen molar-refractivity contribution < 1.29 is 26.4 Å². The Bertz CT molecular complexity index is 1640. The molecule has 9 nitrogen and oxygen atoms in total. The molecule has 4 aromatic rings. The molecule has 4 rings (SSSR count). The molecule has 0 fully saturated rings. The molecule has 0 atom stereocenters. The van der Waals surface area contributed by atoms with Crippen molar-refractivity contribution in [1.29, 1.82) is 0 Å². The van der Waals surface area contributed by atoms with Gasteiger partial charge in [0.05, 0.1) is 14.3 Å². The molecule has 186 valence electrons. The van der Waals surface area contributed by atoms with E-state index in [4.69, 9.17) is 9.88 Å². The number of ether oxygens (including phenoxy) is 1. The van der Waals surface area contributed by atoms with Gasteiger partial charge in [-0.1, -0.05) is 30.3 Å². The monoisotopic (exact) mass is 589 g/mol. The number of primary sulfonamides is 1. The molecule has 0 radical (unpaired) electrons. The Morgan fingerprint density at radius 1 is 0.806 bits per heavy atom. The predicted octanol–water partition coefficient (Wildman–Crippen LogP) is 4.07. The maximum absolute atomic E-state index is 12.6. The van der Waals surface area contributed by atoms with Gasteiger partial charge in [0, 0.05) is 11.4 Å². The molecule has 0 heterocycles. The number of halogens is 1. The summed E-state index contributed by atoms with van der Waals surface area (Å²) in [4.78, 5) is 12.2. The van der Waals surface area contributed by atoms with Crippen LogP contribution in [0.25, 0.3) is 10.8 Å². The van der Waals surface area contributed by atoms with Gasteiger partial charge in [0.2, 0.25) is 10.0 Å². The number of benzene rings is 4. The molecule has 4 aromatic carbocycles. The van der Waals surface area contributed by atoms with Gasteiger partial charge in [-0.3, -0.25) is 9.52 Å². The van der Waals surface area contributed by atoms with E-state index in [2.05, 4.69) is 26.0 Å². The SMILES string of the molecule is NS(=O)(=O)c1ccc(NS(=O)(=O)c2ccc(NC(=O)COc3ccc4ccccc4c3Br)cc2)cc1. The van der Waals surface area contributed by atoms with Crippen molar-refractivity contribution in [3.63, 3.8) is 0 Å². The maximum Gasteiger partial charge on any atom is 0.262 e. The lowest BCUT2D eigenvalue weighted by Crippen LogP contribution is -2.20. The molecule has 0 saturated heterocycles. The average molecular weight is 590 g/mol. The molecule has 0 aliphatic heterocycles. The lowest BCUT2D eigenvalue weighted by atomic mass is 10.1. The first-order valence-electron chi connectivity index (χ1n) is 10.4. The third-order valence-corrected chi connectivity index (χ3v) is 8.21. The maximum atomic E-state index is 12.6. The Hall–Kier alpha value is -3.45. The Kier molecular flexibility index (Phi) is 7.31. The Balaban J connectivity index is 1.37. The number of carbonyl (C=O) groups is 1. The van der Waals surface area contributed by atoms with E-state index in [0.717, 1.165) is 15.2 Å². The molecule has 1 amide bonds. The van der Waals surface area contributed by atoms with Crippen molar-refractivity contribution in [3.8, 4) is 5.75 Å². The van der Waals surface area contributed by atoms with Crippen LogP contribution < -0.4 is 19.9 Å². The van der Waals surface area contributed by atoms with E-state index in [0.29, 0.717) is 11.4 Å². The number of hydrogen-bond donors (Lipinski definition) is 3. The second-order valence-electron chi connectivity index (χ2n) is 7.63. The third kappa shape index (κ3) is 6.02. The van der Waals surface area contributed by atoms with Crippen LogP contribution in [0.15, 0.2) is 99.2 Å². The van der Waals surface area contributed by atoms with Crippen molar-refractivity contribution in [3.05, 3.63) is 89.4 Å². The fraction of sp³-hybridized carbons (Fsp3) is 0.0417. The van der Waals surface area contributed by atoms with E-state index in [1.54, 1.807) is 6.07 Å². The fourth-order valence-corrected chi connectivity index (χ4v) is 5.49. The first-order chi connectivity index (χ1) is 17.0. The molecule has 0 aliphatic rings. The summed E-state index contributed by atoms with van der Waals surface area (Å²) in [5.74, 6) is 0.104. The highest BCUT2D eigenvalue weighted by Crippen LogP contribution is 2.33. The number of nitrogens with two attached hydrogens (primary N) is 1. The summed E-state index contributed by atoms with van der Waals surface area (Å²) in [6.07, 6.45) is 0. The van der Waals surface area contributed by atoms with Gasteiger partial charge in [0.25, 0.3) is 15.9 Å². The van der Waals surface area contributed by atoms with Crippen LogP contribution in [0, 0.1) is 0 Å². The van der Waals surface area contributed by atoms with Crippen LogP contribution in [0.4, 0.5) is 11.4 Å². The Labute approximate surface area is 216 Å². The van der Waals surface area contributed by atoms with Gasteiger partial charge in [-0.25, -0.2) is 22.0 Å². The predicted molar refractivity (Wildman–Crippen MR) is 141 cm³/mol. The summed E-state index contributed by atoms with van der Waals surface area (Å²) < 4.78 is 56.7. The summed E-state index contributed by atoms with van der Waals surface area (Å²) in [6.45, 7) is -0.243. The summed E-state index contributed by atoms with van der Waals surface area (Å²) in [5, 5.41) is 9.69. The van der Waals surface area contributed by atoms with Crippen molar-refractivity contribution in [2.24, 2.45) is 5.14 Å². The molecule has 0 saturated carbocycles.